The molecule has 1 saturated heterocycles. The highest BCUT2D eigenvalue weighted by Crippen LogP contribution is 2.44. The third kappa shape index (κ3) is 4.05. The molecule has 0 saturated carbocycles. The maximum absolute atomic E-state index is 13.2. The number of phenols is 1. The van der Waals surface area contributed by atoms with Gasteiger partial charge in [-0.15, -0.1) is 0 Å². The Bertz CT molecular complexity index is 1240. The zero-order valence-corrected chi connectivity index (χ0v) is 18.4. The maximum atomic E-state index is 13.2. The number of amides is 1. The van der Waals surface area contributed by atoms with E-state index in [2.05, 4.69) is 4.98 Å². The van der Waals surface area contributed by atoms with E-state index in [1.807, 2.05) is 13.8 Å². The van der Waals surface area contributed by atoms with Crippen LogP contribution in [-0.2, 0) is 9.59 Å². The Kier molecular flexibility index (Phi) is 6.13. The average molecular weight is 444 g/mol. The number of hydrogen-bond acceptors (Lipinski definition) is 6. The van der Waals surface area contributed by atoms with Gasteiger partial charge < -0.3 is 14.9 Å². The fourth-order valence-electron chi connectivity index (χ4n) is 3.93. The van der Waals surface area contributed by atoms with E-state index >= 15 is 0 Å². The summed E-state index contributed by atoms with van der Waals surface area (Å²) < 4.78 is 5.70. The third-order valence-electron chi connectivity index (χ3n) is 5.50. The summed E-state index contributed by atoms with van der Waals surface area (Å²) in [4.78, 5) is 31.6. The molecule has 0 radical (unpaired) electrons. The van der Waals surface area contributed by atoms with Crippen molar-refractivity contribution < 1.29 is 24.5 Å². The molecule has 2 aromatic carbocycles. The Morgan fingerprint density at radius 2 is 1.91 bits per heavy atom. The zero-order valence-electron chi connectivity index (χ0n) is 18.4. The molecular formula is C26H24N2O5. The highest BCUT2D eigenvalue weighted by atomic mass is 16.5. The van der Waals surface area contributed by atoms with Crippen LogP contribution in [0.1, 0.15) is 36.1 Å². The second-order valence-electron chi connectivity index (χ2n) is 7.77. The molecular weight excluding hydrogens is 420 g/mol. The lowest BCUT2D eigenvalue weighted by Gasteiger charge is -2.25. The number of pyridine rings is 1. The minimum Gasteiger partial charge on any atom is -0.507 e. The van der Waals surface area contributed by atoms with Gasteiger partial charge in [-0.1, -0.05) is 25.1 Å². The summed E-state index contributed by atoms with van der Waals surface area (Å²) in [6, 6.07) is 13.8. The highest BCUT2D eigenvalue weighted by molar-refractivity contribution is 6.51. The van der Waals surface area contributed by atoms with Gasteiger partial charge in [-0.3, -0.25) is 19.5 Å². The molecule has 0 spiro atoms. The fraction of sp³-hybridized carbons (Fsp3) is 0.192. The molecule has 7 heteroatoms. The number of benzene rings is 2. The summed E-state index contributed by atoms with van der Waals surface area (Å²) >= 11 is 0. The molecule has 1 fully saturated rings. The normalized spacial score (nSPS) is 17.4. The van der Waals surface area contributed by atoms with Crippen molar-refractivity contribution in [3.8, 4) is 11.5 Å². The van der Waals surface area contributed by atoms with E-state index in [9.17, 15) is 19.8 Å². The first-order valence-corrected chi connectivity index (χ1v) is 10.7. The van der Waals surface area contributed by atoms with Gasteiger partial charge in [0.1, 0.15) is 17.3 Å². The minimum atomic E-state index is -0.955. The van der Waals surface area contributed by atoms with Crippen molar-refractivity contribution in [2.75, 3.05) is 11.5 Å². The molecule has 1 amide bonds. The van der Waals surface area contributed by atoms with E-state index in [1.54, 1.807) is 54.7 Å². The molecule has 7 nitrogen and oxygen atoms in total. The second kappa shape index (κ2) is 9.16. The second-order valence-corrected chi connectivity index (χ2v) is 7.77. The number of hydrogen-bond donors (Lipinski definition) is 2. The van der Waals surface area contributed by atoms with Crippen LogP contribution in [0, 0.1) is 6.92 Å². The lowest BCUT2D eigenvalue weighted by Crippen LogP contribution is -2.29. The summed E-state index contributed by atoms with van der Waals surface area (Å²) in [6.07, 6.45) is 3.97. The molecule has 1 aliphatic rings. The van der Waals surface area contributed by atoms with Crippen molar-refractivity contribution in [3.05, 3.63) is 89.3 Å². The molecule has 1 aliphatic heterocycles. The van der Waals surface area contributed by atoms with Gasteiger partial charge in [0.2, 0.25) is 0 Å². The first-order valence-electron chi connectivity index (χ1n) is 10.7. The fourth-order valence-corrected chi connectivity index (χ4v) is 3.93. The minimum absolute atomic E-state index is 0.0714. The Morgan fingerprint density at radius 3 is 2.58 bits per heavy atom. The van der Waals surface area contributed by atoms with Crippen LogP contribution in [-0.4, -0.2) is 33.5 Å². The number of Topliss-reactive ketones (excluding diaryl/α,β-unsaturated/α-hetero) is 1. The molecule has 1 unspecified atom stereocenters. The van der Waals surface area contributed by atoms with Gasteiger partial charge in [-0.2, -0.15) is 0 Å². The molecule has 4 rings (SSSR count). The molecule has 1 atom stereocenters. The first-order chi connectivity index (χ1) is 15.9. The van der Waals surface area contributed by atoms with E-state index < -0.39 is 17.7 Å². The topological polar surface area (TPSA) is 100.0 Å². The third-order valence-corrected chi connectivity index (χ3v) is 5.50. The molecule has 0 bridgehead atoms. The Balaban J connectivity index is 1.88. The number of aliphatic hydroxyl groups is 1. The van der Waals surface area contributed by atoms with E-state index in [0.717, 1.165) is 12.0 Å². The van der Waals surface area contributed by atoms with Crippen molar-refractivity contribution in [1.82, 2.24) is 4.98 Å². The number of carbonyl (C=O) groups excluding carboxylic acids is 2. The van der Waals surface area contributed by atoms with Gasteiger partial charge in [-0.05, 0) is 60.9 Å². The number of anilines is 1. The van der Waals surface area contributed by atoms with E-state index in [0.29, 0.717) is 23.5 Å². The smallest absolute Gasteiger partial charge is 0.300 e. The van der Waals surface area contributed by atoms with Gasteiger partial charge in [0.25, 0.3) is 11.7 Å². The molecule has 2 N–H and O–H groups in total. The van der Waals surface area contributed by atoms with E-state index in [-0.39, 0.29) is 22.8 Å². The molecule has 33 heavy (non-hydrogen) atoms. The van der Waals surface area contributed by atoms with Crippen molar-refractivity contribution >= 4 is 23.1 Å². The Hall–Kier alpha value is -4.13. The number of rotatable bonds is 6. The molecule has 2 heterocycles. The van der Waals surface area contributed by atoms with Crippen LogP contribution in [0.3, 0.4) is 0 Å². The SMILES string of the molecule is CCCOc1ccc(/C(O)=C2/C(=O)C(=O)N(c3ccccc3O)C2c2cccnc2)cc1C. The monoisotopic (exact) mass is 444 g/mol. The van der Waals surface area contributed by atoms with Crippen molar-refractivity contribution in [2.24, 2.45) is 0 Å². The number of aromatic nitrogens is 1. The number of phenolic OH excluding ortho intramolecular Hbond substituents is 1. The van der Waals surface area contributed by atoms with Gasteiger partial charge in [0.05, 0.1) is 23.9 Å². The highest BCUT2D eigenvalue weighted by Gasteiger charge is 2.47. The van der Waals surface area contributed by atoms with Crippen molar-refractivity contribution in [1.29, 1.82) is 0 Å². The van der Waals surface area contributed by atoms with Gasteiger partial charge in [0.15, 0.2) is 0 Å². The van der Waals surface area contributed by atoms with Crippen LogP contribution in [0.5, 0.6) is 11.5 Å². The number of para-hydroxylation sites is 2. The van der Waals surface area contributed by atoms with Crippen LogP contribution in [0.2, 0.25) is 0 Å². The van der Waals surface area contributed by atoms with Crippen LogP contribution in [0.25, 0.3) is 5.76 Å². The molecule has 3 aromatic rings. The van der Waals surface area contributed by atoms with Crippen molar-refractivity contribution in [3.63, 3.8) is 0 Å². The average Bonchev–Trinajstić information content (AvgIpc) is 3.09. The largest absolute Gasteiger partial charge is 0.507 e. The number of ether oxygens (including phenoxy) is 1. The summed E-state index contributed by atoms with van der Waals surface area (Å²) in [7, 11) is 0. The van der Waals surface area contributed by atoms with Gasteiger partial charge in [0, 0.05) is 18.0 Å². The lowest BCUT2D eigenvalue weighted by atomic mass is 9.95. The van der Waals surface area contributed by atoms with Gasteiger partial charge in [-0.25, -0.2) is 0 Å². The summed E-state index contributed by atoms with van der Waals surface area (Å²) in [5.74, 6) is -1.45. The maximum Gasteiger partial charge on any atom is 0.300 e. The van der Waals surface area contributed by atoms with E-state index in [4.69, 9.17) is 4.74 Å². The van der Waals surface area contributed by atoms with Gasteiger partial charge >= 0.3 is 0 Å². The van der Waals surface area contributed by atoms with E-state index in [1.165, 1.54) is 17.2 Å². The lowest BCUT2D eigenvalue weighted by molar-refractivity contribution is -0.132. The van der Waals surface area contributed by atoms with Crippen LogP contribution >= 0.6 is 0 Å². The van der Waals surface area contributed by atoms with Crippen molar-refractivity contribution in [2.45, 2.75) is 26.3 Å². The zero-order chi connectivity index (χ0) is 23.5. The number of aromatic hydroxyl groups is 1. The number of carbonyl (C=O) groups is 2. The first kappa shape index (κ1) is 22.1. The molecule has 168 valence electrons. The summed E-state index contributed by atoms with van der Waals surface area (Å²) in [5.41, 5.74) is 1.81. The number of aryl methyl sites for hydroxylation is 1. The number of aliphatic hydroxyl groups excluding tert-OH is 1. The Morgan fingerprint density at radius 1 is 1.12 bits per heavy atom. The number of nitrogens with zero attached hydrogens (tertiary/aromatic N) is 2. The Labute approximate surface area is 191 Å². The quantitative estimate of drug-likeness (QED) is 0.330. The van der Waals surface area contributed by atoms with Crippen LogP contribution < -0.4 is 9.64 Å². The molecule has 0 aliphatic carbocycles. The number of ketones is 1. The standard InChI is InChI=1S/C26H24N2O5/c1-3-13-33-21-11-10-17(14-16(21)2)24(30)22-23(18-7-6-12-27-15-18)28(26(32)25(22)31)19-8-4-5-9-20(19)29/h4-12,14-15,23,29-30H,3,13H2,1-2H3/b24-22-. The summed E-state index contributed by atoms with van der Waals surface area (Å²) in [5, 5.41) is 21.6. The van der Waals surface area contributed by atoms with Crippen LogP contribution in [0.4, 0.5) is 5.69 Å². The predicted molar refractivity (Wildman–Crippen MR) is 124 cm³/mol. The summed E-state index contributed by atoms with van der Waals surface area (Å²) in [6.45, 7) is 4.43. The van der Waals surface area contributed by atoms with Crippen LogP contribution in [0.15, 0.2) is 72.6 Å². The predicted octanol–water partition coefficient (Wildman–Crippen LogP) is 4.51. The molecule has 1 aromatic heterocycles.